The zero-order chi connectivity index (χ0) is 46.8. The molecule has 0 bridgehead atoms. The number of rotatable bonds is 52. The molecule has 0 spiro atoms. The zero-order valence-electron chi connectivity index (χ0n) is 43.9. The Labute approximate surface area is 399 Å². The third-order valence-electron chi connectivity index (χ3n) is 13.2. The molecule has 0 amide bonds. The Bertz CT molecular complexity index is 978. The minimum absolute atomic E-state index is 0.0631. The highest BCUT2D eigenvalue weighted by Gasteiger charge is 2.19. The van der Waals surface area contributed by atoms with Crippen LogP contribution >= 0.6 is 0 Å². The van der Waals surface area contributed by atoms with Crippen LogP contribution in [0, 0.1) is 11.8 Å². The molecule has 380 valence electrons. The maximum absolute atomic E-state index is 12.8. The highest BCUT2D eigenvalue weighted by atomic mass is 16.6. The minimum atomic E-state index is -0.761. The molecule has 64 heavy (non-hydrogen) atoms. The van der Waals surface area contributed by atoms with Crippen LogP contribution in [0.25, 0.3) is 0 Å². The lowest BCUT2D eigenvalue weighted by Crippen LogP contribution is -2.30. The van der Waals surface area contributed by atoms with E-state index in [1.807, 2.05) is 0 Å². The highest BCUT2D eigenvalue weighted by Crippen LogP contribution is 2.18. The fourth-order valence-electron chi connectivity index (χ4n) is 8.87. The molecule has 1 atom stereocenters. The van der Waals surface area contributed by atoms with Crippen LogP contribution < -0.4 is 0 Å². The van der Waals surface area contributed by atoms with Crippen molar-refractivity contribution in [1.82, 2.24) is 0 Å². The number of esters is 3. The van der Waals surface area contributed by atoms with E-state index < -0.39 is 6.10 Å². The van der Waals surface area contributed by atoms with Gasteiger partial charge in [0, 0.05) is 19.3 Å². The Balaban J connectivity index is 4.12. The molecule has 0 unspecified atom stereocenters. The standard InChI is InChI=1S/C58H112O6/c1-6-7-8-9-31-38-43-48-56(59)62-51-55(64-58(61)50-45-40-35-30-26-22-18-14-16-20-24-28-33-37-42-47-54(4)5)52-63-57(60)49-44-39-34-29-25-21-17-13-11-10-12-15-19-23-27-32-36-41-46-53(2)3/h53-55H,6-52H2,1-5H3/t55-/m0/s1. The van der Waals surface area contributed by atoms with Gasteiger partial charge in [-0.05, 0) is 31.1 Å². The van der Waals surface area contributed by atoms with E-state index in [0.717, 1.165) is 69.6 Å². The van der Waals surface area contributed by atoms with Crippen LogP contribution in [0.2, 0.25) is 0 Å². The molecule has 0 rings (SSSR count). The molecule has 0 aromatic carbocycles. The van der Waals surface area contributed by atoms with Gasteiger partial charge in [0.1, 0.15) is 13.2 Å². The second-order valence-corrected chi connectivity index (χ2v) is 20.9. The number of carbonyl (C=O) groups is 3. The van der Waals surface area contributed by atoms with Gasteiger partial charge in [-0.2, -0.15) is 0 Å². The molecule has 0 aliphatic rings. The number of ether oxygens (including phenoxy) is 3. The predicted molar refractivity (Wildman–Crippen MR) is 275 cm³/mol. The number of hydrogen-bond donors (Lipinski definition) is 0. The third kappa shape index (κ3) is 51.4. The van der Waals surface area contributed by atoms with Crippen molar-refractivity contribution in [3.8, 4) is 0 Å². The molecule has 0 radical (unpaired) electrons. The molecule has 0 aromatic heterocycles. The second-order valence-electron chi connectivity index (χ2n) is 20.9. The van der Waals surface area contributed by atoms with Crippen molar-refractivity contribution in [2.45, 2.75) is 330 Å². The molecule has 0 N–H and O–H groups in total. The van der Waals surface area contributed by atoms with Crippen LogP contribution in [0.3, 0.4) is 0 Å². The van der Waals surface area contributed by atoms with Gasteiger partial charge in [0.25, 0.3) is 0 Å². The average molecular weight is 906 g/mol. The molecule has 6 heteroatoms. The van der Waals surface area contributed by atoms with Crippen LogP contribution in [0.5, 0.6) is 0 Å². The van der Waals surface area contributed by atoms with E-state index in [9.17, 15) is 14.4 Å². The van der Waals surface area contributed by atoms with E-state index in [4.69, 9.17) is 14.2 Å². The van der Waals surface area contributed by atoms with Crippen molar-refractivity contribution < 1.29 is 28.6 Å². The maximum Gasteiger partial charge on any atom is 0.306 e. The van der Waals surface area contributed by atoms with Crippen molar-refractivity contribution in [3.63, 3.8) is 0 Å². The third-order valence-corrected chi connectivity index (χ3v) is 13.2. The van der Waals surface area contributed by atoms with Gasteiger partial charge < -0.3 is 14.2 Å². The van der Waals surface area contributed by atoms with E-state index in [2.05, 4.69) is 34.6 Å². The summed E-state index contributed by atoms with van der Waals surface area (Å²) in [4.78, 5) is 37.9. The van der Waals surface area contributed by atoms with E-state index in [1.54, 1.807) is 0 Å². The topological polar surface area (TPSA) is 78.9 Å². The fraction of sp³-hybridized carbons (Fsp3) is 0.948. The first kappa shape index (κ1) is 62.4. The Hall–Kier alpha value is -1.59. The zero-order valence-corrected chi connectivity index (χ0v) is 43.9. The van der Waals surface area contributed by atoms with E-state index in [0.29, 0.717) is 19.3 Å². The van der Waals surface area contributed by atoms with E-state index >= 15 is 0 Å². The second kappa shape index (κ2) is 50.8. The maximum atomic E-state index is 12.8. The lowest BCUT2D eigenvalue weighted by molar-refractivity contribution is -0.167. The van der Waals surface area contributed by atoms with Crippen molar-refractivity contribution in [1.29, 1.82) is 0 Å². The first-order valence-corrected chi connectivity index (χ1v) is 28.7. The summed E-state index contributed by atoms with van der Waals surface area (Å²) in [5, 5.41) is 0. The quantitative estimate of drug-likeness (QED) is 0.0344. The molecule has 0 saturated heterocycles. The fourth-order valence-corrected chi connectivity index (χ4v) is 8.87. The Kier molecular flexibility index (Phi) is 49.6. The Morgan fingerprint density at radius 2 is 0.516 bits per heavy atom. The molecule has 0 aliphatic heterocycles. The molecule has 0 heterocycles. The van der Waals surface area contributed by atoms with Gasteiger partial charge in [0.2, 0.25) is 0 Å². The molecule has 0 fully saturated rings. The van der Waals surface area contributed by atoms with Crippen LogP contribution in [-0.4, -0.2) is 37.2 Å². The monoisotopic (exact) mass is 905 g/mol. The first-order valence-electron chi connectivity index (χ1n) is 28.7. The van der Waals surface area contributed by atoms with Gasteiger partial charge in [0.15, 0.2) is 6.10 Å². The van der Waals surface area contributed by atoms with Crippen LogP contribution in [0.4, 0.5) is 0 Å². The van der Waals surface area contributed by atoms with Gasteiger partial charge in [0.05, 0.1) is 0 Å². The smallest absolute Gasteiger partial charge is 0.306 e. The van der Waals surface area contributed by atoms with Crippen molar-refractivity contribution in [2.75, 3.05) is 13.2 Å². The summed E-state index contributed by atoms with van der Waals surface area (Å²) in [6.45, 7) is 11.4. The number of hydrogen-bond acceptors (Lipinski definition) is 6. The lowest BCUT2D eigenvalue weighted by atomic mass is 10.0. The highest BCUT2D eigenvalue weighted by molar-refractivity contribution is 5.71. The van der Waals surface area contributed by atoms with Gasteiger partial charge >= 0.3 is 17.9 Å². The Morgan fingerprint density at radius 1 is 0.297 bits per heavy atom. The van der Waals surface area contributed by atoms with Crippen molar-refractivity contribution >= 4 is 17.9 Å². The summed E-state index contributed by atoms with van der Waals surface area (Å²) in [6, 6.07) is 0. The summed E-state index contributed by atoms with van der Waals surface area (Å²) < 4.78 is 16.8. The summed E-state index contributed by atoms with van der Waals surface area (Å²) in [7, 11) is 0. The van der Waals surface area contributed by atoms with Gasteiger partial charge in [-0.1, -0.05) is 285 Å². The normalized spacial score (nSPS) is 12.0. The molecule has 0 aromatic rings. The SMILES string of the molecule is CCCCCCCCCC(=O)OC[C@@H](COC(=O)CCCCCCCCCCCCCCCCCCCCC(C)C)OC(=O)CCCCCCCCCCCCCCCCCC(C)C. The predicted octanol–water partition coefficient (Wildman–Crippen LogP) is 18.9. The summed E-state index contributed by atoms with van der Waals surface area (Å²) in [5.74, 6) is 0.860. The summed E-state index contributed by atoms with van der Waals surface area (Å²) in [5.41, 5.74) is 0. The van der Waals surface area contributed by atoms with Crippen LogP contribution in [-0.2, 0) is 28.6 Å². The van der Waals surface area contributed by atoms with Crippen molar-refractivity contribution in [3.05, 3.63) is 0 Å². The first-order chi connectivity index (χ1) is 31.2. The summed E-state index contributed by atoms with van der Waals surface area (Å²) in [6.07, 6.45) is 54.0. The molecular formula is C58H112O6. The van der Waals surface area contributed by atoms with Crippen LogP contribution in [0.15, 0.2) is 0 Å². The van der Waals surface area contributed by atoms with Crippen molar-refractivity contribution in [2.24, 2.45) is 11.8 Å². The Morgan fingerprint density at radius 3 is 0.766 bits per heavy atom. The molecular weight excluding hydrogens is 793 g/mol. The van der Waals surface area contributed by atoms with E-state index in [-0.39, 0.29) is 31.1 Å². The average Bonchev–Trinajstić information content (AvgIpc) is 3.27. The number of unbranched alkanes of at least 4 members (excludes halogenated alkanes) is 37. The largest absolute Gasteiger partial charge is 0.462 e. The number of carbonyl (C=O) groups excluding carboxylic acids is 3. The van der Waals surface area contributed by atoms with E-state index in [1.165, 1.54) is 212 Å². The summed E-state index contributed by atoms with van der Waals surface area (Å²) >= 11 is 0. The molecule has 0 saturated carbocycles. The molecule has 0 aliphatic carbocycles. The van der Waals surface area contributed by atoms with Gasteiger partial charge in [-0.15, -0.1) is 0 Å². The van der Waals surface area contributed by atoms with Crippen LogP contribution in [0.1, 0.15) is 324 Å². The lowest BCUT2D eigenvalue weighted by Gasteiger charge is -2.18. The molecule has 6 nitrogen and oxygen atoms in total. The van der Waals surface area contributed by atoms with Gasteiger partial charge in [-0.25, -0.2) is 0 Å². The minimum Gasteiger partial charge on any atom is -0.462 e. The van der Waals surface area contributed by atoms with Gasteiger partial charge in [-0.3, -0.25) is 14.4 Å².